The van der Waals surface area contributed by atoms with E-state index in [0.717, 1.165) is 0 Å². The molecule has 0 aliphatic carbocycles. The van der Waals surface area contributed by atoms with Crippen LogP contribution in [0.25, 0.3) is 0 Å². The maximum absolute atomic E-state index is 5.72. The fourth-order valence-electron chi connectivity index (χ4n) is 0.543. The van der Waals surface area contributed by atoms with Crippen molar-refractivity contribution in [2.75, 3.05) is 13.2 Å². The van der Waals surface area contributed by atoms with Crippen molar-refractivity contribution < 1.29 is 4.74 Å². The molecule has 0 aromatic heterocycles. The minimum absolute atomic E-state index is 0.132. The van der Waals surface area contributed by atoms with Crippen molar-refractivity contribution in [2.24, 2.45) is 11.7 Å². The molecule has 0 aromatic rings. The molecule has 0 radical (unpaired) electrons. The Hall–Kier alpha value is -0.520. The Morgan fingerprint density at radius 3 is 2.64 bits per heavy atom. The summed E-state index contributed by atoms with van der Waals surface area (Å²) in [6, 6.07) is 0.132. The summed E-state index contributed by atoms with van der Waals surface area (Å²) < 4.78 is 5.23. The average Bonchev–Trinajstić information content (AvgIpc) is 1.97. The van der Waals surface area contributed by atoms with Crippen LogP contribution >= 0.6 is 0 Å². The fraction of sp³-hybridized carbons (Fsp3) is 0.778. The van der Waals surface area contributed by atoms with E-state index >= 15 is 0 Å². The molecule has 0 saturated heterocycles. The molecule has 64 valence electrons. The Kier molecular flexibility index (Phi) is 5.91. The number of terminal acetylenes is 1. The fourth-order valence-corrected chi connectivity index (χ4v) is 0.543. The molecule has 0 aromatic carbocycles. The zero-order chi connectivity index (χ0) is 8.69. The molecule has 0 rings (SSSR count). The van der Waals surface area contributed by atoms with Gasteiger partial charge in [-0.05, 0) is 5.92 Å². The van der Waals surface area contributed by atoms with Crippen molar-refractivity contribution in [1.29, 1.82) is 0 Å². The van der Waals surface area contributed by atoms with Gasteiger partial charge in [-0.25, -0.2) is 0 Å². The number of ether oxygens (including phenoxy) is 1. The quantitative estimate of drug-likeness (QED) is 0.475. The predicted molar refractivity (Wildman–Crippen MR) is 47.1 cm³/mol. The smallest absolute Gasteiger partial charge is 0.0620 e. The zero-order valence-corrected chi connectivity index (χ0v) is 7.34. The SMILES string of the molecule is C#CCCOCC(N)C(C)C. The Morgan fingerprint density at radius 2 is 2.18 bits per heavy atom. The summed E-state index contributed by atoms with van der Waals surface area (Å²) in [5.74, 6) is 2.98. The topological polar surface area (TPSA) is 35.2 Å². The van der Waals surface area contributed by atoms with Crippen LogP contribution in [0.2, 0.25) is 0 Å². The van der Waals surface area contributed by atoms with Gasteiger partial charge in [0.1, 0.15) is 0 Å². The second-order valence-corrected chi connectivity index (χ2v) is 2.94. The molecule has 0 amide bonds. The second kappa shape index (κ2) is 6.21. The Morgan fingerprint density at radius 1 is 1.55 bits per heavy atom. The van der Waals surface area contributed by atoms with Gasteiger partial charge in [0.15, 0.2) is 0 Å². The molecule has 1 atom stereocenters. The van der Waals surface area contributed by atoms with Crippen molar-refractivity contribution in [3.8, 4) is 12.3 Å². The minimum atomic E-state index is 0.132. The third-order valence-corrected chi connectivity index (χ3v) is 1.56. The standard InChI is InChI=1S/C9H17NO/c1-4-5-6-11-7-9(10)8(2)3/h1,8-9H,5-7,10H2,2-3H3. The monoisotopic (exact) mass is 155 g/mol. The lowest BCUT2D eigenvalue weighted by Crippen LogP contribution is -2.31. The van der Waals surface area contributed by atoms with Crippen molar-refractivity contribution >= 4 is 0 Å². The van der Waals surface area contributed by atoms with Crippen LogP contribution < -0.4 is 5.73 Å². The third-order valence-electron chi connectivity index (χ3n) is 1.56. The van der Waals surface area contributed by atoms with E-state index in [1.54, 1.807) is 0 Å². The first-order valence-corrected chi connectivity index (χ1v) is 3.95. The molecular weight excluding hydrogens is 138 g/mol. The van der Waals surface area contributed by atoms with Gasteiger partial charge in [0.2, 0.25) is 0 Å². The molecule has 0 saturated carbocycles. The van der Waals surface area contributed by atoms with Crippen molar-refractivity contribution in [1.82, 2.24) is 0 Å². The third kappa shape index (κ3) is 5.90. The molecule has 11 heavy (non-hydrogen) atoms. The van der Waals surface area contributed by atoms with Crippen molar-refractivity contribution in [3.05, 3.63) is 0 Å². The summed E-state index contributed by atoms with van der Waals surface area (Å²) in [7, 11) is 0. The second-order valence-electron chi connectivity index (χ2n) is 2.94. The van der Waals surface area contributed by atoms with E-state index in [1.807, 2.05) is 0 Å². The number of nitrogens with two attached hydrogens (primary N) is 1. The van der Waals surface area contributed by atoms with Gasteiger partial charge in [-0.15, -0.1) is 12.3 Å². The Labute approximate surface area is 69.1 Å². The first kappa shape index (κ1) is 10.5. The molecule has 0 spiro atoms. The minimum Gasteiger partial charge on any atom is -0.379 e. The van der Waals surface area contributed by atoms with Crippen LogP contribution in [0.3, 0.4) is 0 Å². The van der Waals surface area contributed by atoms with E-state index in [0.29, 0.717) is 25.6 Å². The van der Waals surface area contributed by atoms with E-state index < -0.39 is 0 Å². The highest BCUT2D eigenvalue weighted by Gasteiger charge is 2.06. The molecule has 0 aliphatic heterocycles. The van der Waals surface area contributed by atoms with Gasteiger partial charge in [0, 0.05) is 12.5 Å². The highest BCUT2D eigenvalue weighted by Crippen LogP contribution is 1.98. The molecule has 0 bridgehead atoms. The molecule has 1 unspecified atom stereocenters. The van der Waals surface area contributed by atoms with E-state index in [-0.39, 0.29) is 6.04 Å². The van der Waals surface area contributed by atoms with Crippen LogP contribution in [-0.4, -0.2) is 19.3 Å². The van der Waals surface area contributed by atoms with Crippen molar-refractivity contribution in [3.63, 3.8) is 0 Å². The summed E-state index contributed by atoms with van der Waals surface area (Å²) in [5, 5.41) is 0. The highest BCUT2D eigenvalue weighted by molar-refractivity contribution is 4.82. The van der Waals surface area contributed by atoms with Gasteiger partial charge in [-0.2, -0.15) is 0 Å². The summed E-state index contributed by atoms with van der Waals surface area (Å²) in [5.41, 5.74) is 5.72. The number of hydrogen-bond donors (Lipinski definition) is 1. The predicted octanol–water partition coefficient (Wildman–Crippen LogP) is 1.01. The van der Waals surface area contributed by atoms with Crippen LogP contribution in [0.1, 0.15) is 20.3 Å². The highest BCUT2D eigenvalue weighted by atomic mass is 16.5. The van der Waals surface area contributed by atoms with Crippen LogP contribution in [0.5, 0.6) is 0 Å². The van der Waals surface area contributed by atoms with Crippen LogP contribution in [-0.2, 0) is 4.74 Å². The molecule has 2 heteroatoms. The first-order chi connectivity index (χ1) is 5.18. The van der Waals surface area contributed by atoms with Gasteiger partial charge in [0.05, 0.1) is 13.2 Å². The Bertz CT molecular complexity index is 126. The molecule has 2 N–H and O–H groups in total. The lowest BCUT2D eigenvalue weighted by atomic mass is 10.1. The maximum atomic E-state index is 5.72. The molecule has 0 heterocycles. The van der Waals surface area contributed by atoms with E-state index in [2.05, 4.69) is 19.8 Å². The van der Waals surface area contributed by atoms with Gasteiger partial charge in [0.25, 0.3) is 0 Å². The molecular formula is C9H17NO. The summed E-state index contributed by atoms with van der Waals surface area (Å²) in [6.45, 7) is 5.39. The summed E-state index contributed by atoms with van der Waals surface area (Å²) in [4.78, 5) is 0. The molecule has 0 fully saturated rings. The molecule has 0 aliphatic rings. The van der Waals surface area contributed by atoms with Gasteiger partial charge < -0.3 is 10.5 Å². The Balaban J connectivity index is 3.19. The zero-order valence-electron chi connectivity index (χ0n) is 7.34. The van der Waals surface area contributed by atoms with E-state index in [4.69, 9.17) is 16.9 Å². The number of rotatable bonds is 5. The number of hydrogen-bond acceptors (Lipinski definition) is 2. The van der Waals surface area contributed by atoms with Crippen molar-refractivity contribution in [2.45, 2.75) is 26.3 Å². The van der Waals surface area contributed by atoms with Crippen LogP contribution in [0, 0.1) is 18.3 Å². The lowest BCUT2D eigenvalue weighted by Gasteiger charge is -2.14. The normalized spacial score (nSPS) is 13.0. The van der Waals surface area contributed by atoms with Crippen LogP contribution in [0.15, 0.2) is 0 Å². The maximum Gasteiger partial charge on any atom is 0.0620 e. The first-order valence-electron chi connectivity index (χ1n) is 3.95. The lowest BCUT2D eigenvalue weighted by molar-refractivity contribution is 0.115. The van der Waals surface area contributed by atoms with Gasteiger partial charge >= 0.3 is 0 Å². The van der Waals surface area contributed by atoms with Crippen LogP contribution in [0.4, 0.5) is 0 Å². The molecule has 2 nitrogen and oxygen atoms in total. The van der Waals surface area contributed by atoms with Gasteiger partial charge in [-0.3, -0.25) is 0 Å². The largest absolute Gasteiger partial charge is 0.379 e. The average molecular weight is 155 g/mol. The van der Waals surface area contributed by atoms with Gasteiger partial charge in [-0.1, -0.05) is 13.8 Å². The summed E-state index contributed by atoms with van der Waals surface area (Å²) >= 11 is 0. The van der Waals surface area contributed by atoms with E-state index in [1.165, 1.54) is 0 Å². The van der Waals surface area contributed by atoms with E-state index in [9.17, 15) is 0 Å². The summed E-state index contributed by atoms with van der Waals surface area (Å²) in [6.07, 6.45) is 5.72.